The summed E-state index contributed by atoms with van der Waals surface area (Å²) in [6.07, 6.45) is 7.06. The Hall–Kier alpha value is -0.0400. The largest absolute Gasteiger partial charge is 0.380 e. The molecule has 21 heavy (non-hydrogen) atoms. The smallest absolute Gasteiger partial charge is 0.193 e. The van der Waals surface area contributed by atoms with Crippen molar-refractivity contribution in [3.8, 4) is 0 Å². The number of nitrogens with one attached hydrogen (secondary N) is 1. The summed E-state index contributed by atoms with van der Waals surface area (Å²) >= 11 is 0. The molecule has 1 saturated carbocycles. The van der Waals surface area contributed by atoms with Crippen molar-refractivity contribution in [2.75, 3.05) is 39.4 Å². The fraction of sp³-hybridized carbons (Fsp3) is 0.938. The summed E-state index contributed by atoms with van der Waals surface area (Å²) in [5, 5.41) is 3.49. The fourth-order valence-corrected chi connectivity index (χ4v) is 3.88. The van der Waals surface area contributed by atoms with Gasteiger partial charge in [-0.15, -0.1) is 24.0 Å². The number of likely N-dealkylation sites (tertiary alicyclic amines) is 1. The average Bonchev–Trinajstić information content (AvgIpc) is 3.03. The second-order valence-corrected chi connectivity index (χ2v) is 7.35. The van der Waals surface area contributed by atoms with Crippen LogP contribution in [0.1, 0.15) is 46.0 Å². The molecule has 3 fully saturated rings. The van der Waals surface area contributed by atoms with E-state index in [0.717, 1.165) is 32.3 Å². The summed E-state index contributed by atoms with van der Waals surface area (Å²) in [5.74, 6) is 1.13. The molecule has 2 aliphatic heterocycles. The first kappa shape index (κ1) is 17.3. The highest BCUT2D eigenvalue weighted by Gasteiger charge is 2.41. The molecule has 1 spiro atoms. The molecule has 4 nitrogen and oxygen atoms in total. The molecule has 2 heterocycles. The normalized spacial score (nSPS) is 26.6. The van der Waals surface area contributed by atoms with E-state index >= 15 is 0 Å². The minimum atomic E-state index is 0. The van der Waals surface area contributed by atoms with Crippen LogP contribution in [-0.4, -0.2) is 50.3 Å². The molecule has 5 heteroatoms. The third-order valence-electron chi connectivity index (χ3n) is 5.25. The van der Waals surface area contributed by atoms with Gasteiger partial charge in [-0.25, -0.2) is 0 Å². The first-order chi connectivity index (χ1) is 9.65. The van der Waals surface area contributed by atoms with Crippen LogP contribution in [0, 0.1) is 10.8 Å². The standard InChI is InChI=1S/C16H29N3O.HI/c1-3-17-14(18-10-15(2)12-20-13-15)19-9-8-16(11-19)6-4-5-7-16;/h3-13H2,1-2H3,(H,17,18);1H. The van der Waals surface area contributed by atoms with Gasteiger partial charge in [0.25, 0.3) is 0 Å². The van der Waals surface area contributed by atoms with E-state index < -0.39 is 0 Å². The predicted molar refractivity (Wildman–Crippen MR) is 97.4 cm³/mol. The van der Waals surface area contributed by atoms with Crippen LogP contribution in [0.15, 0.2) is 4.99 Å². The molecular formula is C16H30IN3O. The Morgan fingerprint density at radius 2 is 1.95 bits per heavy atom. The Labute approximate surface area is 146 Å². The molecular weight excluding hydrogens is 377 g/mol. The molecule has 3 rings (SSSR count). The van der Waals surface area contributed by atoms with Gasteiger partial charge in [-0.2, -0.15) is 0 Å². The zero-order valence-corrected chi connectivity index (χ0v) is 15.8. The van der Waals surface area contributed by atoms with Crippen molar-refractivity contribution in [1.29, 1.82) is 0 Å². The lowest BCUT2D eigenvalue weighted by atomic mass is 9.86. The summed E-state index contributed by atoms with van der Waals surface area (Å²) < 4.78 is 5.33. The molecule has 0 unspecified atom stereocenters. The van der Waals surface area contributed by atoms with Gasteiger partial charge >= 0.3 is 0 Å². The van der Waals surface area contributed by atoms with Gasteiger partial charge < -0.3 is 15.0 Å². The van der Waals surface area contributed by atoms with Crippen LogP contribution in [0.2, 0.25) is 0 Å². The molecule has 1 N–H and O–H groups in total. The number of aliphatic imine (C=N–C) groups is 1. The van der Waals surface area contributed by atoms with Crippen molar-refractivity contribution in [3.05, 3.63) is 0 Å². The van der Waals surface area contributed by atoms with Crippen LogP contribution < -0.4 is 5.32 Å². The van der Waals surface area contributed by atoms with Gasteiger partial charge in [0.05, 0.1) is 19.8 Å². The number of nitrogens with zero attached hydrogens (tertiary/aromatic N) is 2. The number of hydrogen-bond donors (Lipinski definition) is 1. The Kier molecular flexibility index (Phi) is 5.79. The maximum absolute atomic E-state index is 5.33. The molecule has 3 aliphatic rings. The summed E-state index contributed by atoms with van der Waals surface area (Å²) in [5.41, 5.74) is 0.880. The lowest BCUT2D eigenvalue weighted by molar-refractivity contribution is -0.0946. The maximum atomic E-state index is 5.33. The third-order valence-corrected chi connectivity index (χ3v) is 5.25. The molecule has 0 amide bonds. The summed E-state index contributed by atoms with van der Waals surface area (Å²) in [6.45, 7) is 10.4. The van der Waals surface area contributed by atoms with Crippen LogP contribution in [0.5, 0.6) is 0 Å². The van der Waals surface area contributed by atoms with Crippen molar-refractivity contribution >= 4 is 29.9 Å². The maximum Gasteiger partial charge on any atom is 0.193 e. The van der Waals surface area contributed by atoms with Gasteiger partial charge in [-0.3, -0.25) is 4.99 Å². The van der Waals surface area contributed by atoms with E-state index in [1.54, 1.807) is 0 Å². The van der Waals surface area contributed by atoms with Gasteiger partial charge in [0, 0.05) is 25.0 Å². The van der Waals surface area contributed by atoms with E-state index in [0.29, 0.717) is 5.41 Å². The first-order valence-electron chi connectivity index (χ1n) is 8.26. The van der Waals surface area contributed by atoms with Crippen LogP contribution in [0.3, 0.4) is 0 Å². The molecule has 0 aromatic carbocycles. The highest BCUT2D eigenvalue weighted by Crippen LogP contribution is 2.45. The van der Waals surface area contributed by atoms with Crippen LogP contribution in [0.25, 0.3) is 0 Å². The van der Waals surface area contributed by atoms with Crippen molar-refractivity contribution in [1.82, 2.24) is 10.2 Å². The van der Waals surface area contributed by atoms with Crippen molar-refractivity contribution in [3.63, 3.8) is 0 Å². The molecule has 0 radical (unpaired) electrons. The molecule has 0 atom stereocenters. The first-order valence-corrected chi connectivity index (χ1v) is 8.26. The average molecular weight is 407 g/mol. The second kappa shape index (κ2) is 7.02. The number of hydrogen-bond acceptors (Lipinski definition) is 2. The minimum Gasteiger partial charge on any atom is -0.380 e. The van der Waals surface area contributed by atoms with E-state index in [1.807, 2.05) is 0 Å². The van der Waals surface area contributed by atoms with E-state index in [2.05, 4.69) is 24.1 Å². The Morgan fingerprint density at radius 1 is 1.24 bits per heavy atom. The van der Waals surface area contributed by atoms with E-state index in [-0.39, 0.29) is 29.4 Å². The van der Waals surface area contributed by atoms with Crippen LogP contribution in [0.4, 0.5) is 0 Å². The van der Waals surface area contributed by atoms with Gasteiger partial charge in [0.1, 0.15) is 0 Å². The Bertz CT molecular complexity index is 376. The minimum absolute atomic E-state index is 0. The van der Waals surface area contributed by atoms with Crippen molar-refractivity contribution in [2.45, 2.75) is 46.0 Å². The summed E-state index contributed by atoms with van der Waals surface area (Å²) in [7, 11) is 0. The lowest BCUT2D eigenvalue weighted by Crippen LogP contribution is -2.45. The van der Waals surface area contributed by atoms with Crippen LogP contribution >= 0.6 is 24.0 Å². The number of ether oxygens (including phenoxy) is 1. The van der Waals surface area contributed by atoms with Crippen LogP contribution in [-0.2, 0) is 4.74 Å². The molecule has 0 bridgehead atoms. The monoisotopic (exact) mass is 407 g/mol. The van der Waals surface area contributed by atoms with Gasteiger partial charge in [-0.05, 0) is 31.6 Å². The Morgan fingerprint density at radius 3 is 2.52 bits per heavy atom. The summed E-state index contributed by atoms with van der Waals surface area (Å²) in [4.78, 5) is 7.39. The highest BCUT2D eigenvalue weighted by atomic mass is 127. The fourth-order valence-electron chi connectivity index (χ4n) is 3.88. The third kappa shape index (κ3) is 3.84. The zero-order valence-electron chi connectivity index (χ0n) is 13.5. The quantitative estimate of drug-likeness (QED) is 0.444. The van der Waals surface area contributed by atoms with Gasteiger partial charge in [-0.1, -0.05) is 19.8 Å². The van der Waals surface area contributed by atoms with Crippen molar-refractivity contribution < 1.29 is 4.74 Å². The molecule has 1 aliphatic carbocycles. The number of guanidine groups is 1. The van der Waals surface area contributed by atoms with Gasteiger partial charge in [0.2, 0.25) is 0 Å². The summed E-state index contributed by atoms with van der Waals surface area (Å²) in [6, 6.07) is 0. The Balaban J connectivity index is 0.00000161. The van der Waals surface area contributed by atoms with E-state index in [9.17, 15) is 0 Å². The van der Waals surface area contributed by atoms with E-state index in [1.165, 1.54) is 45.2 Å². The lowest BCUT2D eigenvalue weighted by Gasteiger charge is -2.37. The number of halogens is 1. The predicted octanol–water partition coefficient (Wildman–Crippen LogP) is 2.87. The zero-order chi connectivity index (χ0) is 14.1. The second-order valence-electron chi connectivity index (χ2n) is 7.35. The topological polar surface area (TPSA) is 36.9 Å². The number of rotatable bonds is 3. The van der Waals surface area contributed by atoms with Gasteiger partial charge in [0.15, 0.2) is 5.96 Å². The molecule has 122 valence electrons. The van der Waals surface area contributed by atoms with E-state index in [4.69, 9.17) is 9.73 Å². The SMILES string of the molecule is CCNC(=NCC1(C)COC1)N1CCC2(CCCC2)C1.I. The highest BCUT2D eigenvalue weighted by molar-refractivity contribution is 14.0. The molecule has 0 aromatic rings. The van der Waals surface area contributed by atoms with Crippen molar-refractivity contribution in [2.24, 2.45) is 15.8 Å². The molecule has 0 aromatic heterocycles. The molecule has 2 saturated heterocycles.